The van der Waals surface area contributed by atoms with Gasteiger partial charge in [0.1, 0.15) is 0 Å². The Kier molecular flexibility index (Phi) is 4.84. The molecule has 0 fully saturated rings. The van der Waals surface area contributed by atoms with Crippen LogP contribution in [0.2, 0.25) is 0 Å². The van der Waals surface area contributed by atoms with E-state index in [4.69, 9.17) is 0 Å². The Morgan fingerprint density at radius 1 is 0.654 bits per heavy atom. The molecule has 0 bridgehead atoms. The van der Waals surface area contributed by atoms with Crippen molar-refractivity contribution >= 4 is 97.4 Å². The highest BCUT2D eigenvalue weighted by atomic mass is 79.9. The van der Waals surface area contributed by atoms with E-state index in [1.165, 1.54) is 48.6 Å². The highest BCUT2D eigenvalue weighted by molar-refractivity contribution is 9.10. The van der Waals surface area contributed by atoms with Crippen LogP contribution in [-0.2, 0) is 12.8 Å². The SMILES string of the molecule is Brc1ccsc1Cc1cc2cc3sc(Cc4sccc4Br)cc3cc2s1. The molecule has 0 nitrogen and oxygen atoms in total. The zero-order valence-corrected chi connectivity index (χ0v) is 19.9. The van der Waals surface area contributed by atoms with E-state index in [2.05, 4.69) is 79.0 Å². The molecule has 0 unspecified atom stereocenters. The van der Waals surface area contributed by atoms with Gasteiger partial charge in [0, 0.05) is 50.7 Å². The molecule has 5 aromatic rings. The maximum atomic E-state index is 3.65. The zero-order valence-electron chi connectivity index (χ0n) is 13.4. The summed E-state index contributed by atoms with van der Waals surface area (Å²) in [5.74, 6) is 0. The van der Waals surface area contributed by atoms with Crippen LogP contribution in [-0.4, -0.2) is 0 Å². The largest absolute Gasteiger partial charge is 0.147 e. The van der Waals surface area contributed by atoms with Gasteiger partial charge in [-0.05, 0) is 89.8 Å². The fourth-order valence-electron chi connectivity index (χ4n) is 3.08. The lowest BCUT2D eigenvalue weighted by atomic mass is 10.2. The molecular formula is C20H12Br2S4. The maximum Gasteiger partial charge on any atom is 0.0352 e. The monoisotopic (exact) mass is 538 g/mol. The molecule has 5 rings (SSSR count). The number of hydrogen-bond donors (Lipinski definition) is 0. The maximum absolute atomic E-state index is 3.65. The summed E-state index contributed by atoms with van der Waals surface area (Å²) in [5.41, 5.74) is 0. The average molecular weight is 540 g/mol. The van der Waals surface area contributed by atoms with Gasteiger partial charge in [0.2, 0.25) is 0 Å². The zero-order chi connectivity index (χ0) is 17.7. The number of hydrogen-bond acceptors (Lipinski definition) is 4. The Morgan fingerprint density at radius 2 is 1.12 bits per heavy atom. The van der Waals surface area contributed by atoms with Crippen LogP contribution in [0.15, 0.2) is 56.1 Å². The van der Waals surface area contributed by atoms with E-state index >= 15 is 0 Å². The molecule has 130 valence electrons. The molecule has 0 aliphatic heterocycles. The minimum atomic E-state index is 1.02. The molecule has 0 amide bonds. The number of thiophene rings is 4. The Bertz CT molecular complexity index is 1080. The van der Waals surface area contributed by atoms with Gasteiger partial charge in [-0.3, -0.25) is 0 Å². The second-order valence-corrected chi connectivity index (χ2v) is 12.1. The molecule has 0 saturated carbocycles. The molecule has 6 heteroatoms. The fraction of sp³-hybridized carbons (Fsp3) is 0.100. The molecule has 0 atom stereocenters. The van der Waals surface area contributed by atoms with Gasteiger partial charge in [0.15, 0.2) is 0 Å². The van der Waals surface area contributed by atoms with Crippen molar-refractivity contribution in [3.8, 4) is 0 Å². The molecule has 0 aliphatic rings. The first-order valence-corrected chi connectivity index (χ1v) is 13.0. The fourth-order valence-corrected chi connectivity index (χ4v) is 8.50. The van der Waals surface area contributed by atoms with Gasteiger partial charge >= 0.3 is 0 Å². The van der Waals surface area contributed by atoms with Crippen LogP contribution in [0.3, 0.4) is 0 Å². The first-order valence-electron chi connectivity index (χ1n) is 8.04. The standard InChI is InChI=1S/C20H12Br2S4/c21-15-1-3-23-19(15)9-13-5-11-7-18-12(8-17(11)25-13)6-14(26-18)10-20-16(22)2-4-24-20/h1-8H,9-10H2. The summed E-state index contributed by atoms with van der Waals surface area (Å²) >= 11 is 14.8. The van der Waals surface area contributed by atoms with Gasteiger partial charge in [-0.2, -0.15) is 0 Å². The van der Waals surface area contributed by atoms with E-state index in [1.54, 1.807) is 0 Å². The van der Waals surface area contributed by atoms with Crippen molar-refractivity contribution in [1.82, 2.24) is 0 Å². The van der Waals surface area contributed by atoms with E-state index in [-0.39, 0.29) is 0 Å². The highest BCUT2D eigenvalue weighted by Crippen LogP contribution is 2.37. The van der Waals surface area contributed by atoms with Crippen molar-refractivity contribution < 1.29 is 0 Å². The first kappa shape index (κ1) is 17.6. The summed E-state index contributed by atoms with van der Waals surface area (Å²) in [6.45, 7) is 0. The lowest BCUT2D eigenvalue weighted by Gasteiger charge is -1.94. The second-order valence-electron chi connectivity index (χ2n) is 6.09. The predicted octanol–water partition coefficient (Wildman–Crippen LogP) is 8.95. The van der Waals surface area contributed by atoms with Crippen molar-refractivity contribution in [2.75, 3.05) is 0 Å². The Morgan fingerprint density at radius 3 is 1.50 bits per heavy atom. The van der Waals surface area contributed by atoms with Crippen LogP contribution in [0.25, 0.3) is 20.2 Å². The van der Waals surface area contributed by atoms with Gasteiger partial charge in [-0.15, -0.1) is 45.3 Å². The summed E-state index contributed by atoms with van der Waals surface area (Å²) in [7, 11) is 0. The average Bonchev–Trinajstić information content (AvgIpc) is 3.36. The van der Waals surface area contributed by atoms with Crippen LogP contribution in [0.5, 0.6) is 0 Å². The predicted molar refractivity (Wildman–Crippen MR) is 127 cm³/mol. The molecule has 26 heavy (non-hydrogen) atoms. The normalized spacial score (nSPS) is 11.8. The summed E-state index contributed by atoms with van der Waals surface area (Å²) in [6.07, 6.45) is 2.03. The number of fused-ring (bicyclic) bond motifs is 2. The van der Waals surface area contributed by atoms with Crippen LogP contribution >= 0.6 is 77.2 Å². The van der Waals surface area contributed by atoms with E-state index < -0.39 is 0 Å². The summed E-state index contributed by atoms with van der Waals surface area (Å²) in [6, 6.07) is 13.7. The van der Waals surface area contributed by atoms with Gasteiger partial charge in [0.25, 0.3) is 0 Å². The minimum absolute atomic E-state index is 1.02. The summed E-state index contributed by atoms with van der Waals surface area (Å²) in [5, 5.41) is 7.04. The lowest BCUT2D eigenvalue weighted by molar-refractivity contribution is 1.29. The first-order chi connectivity index (χ1) is 12.7. The summed E-state index contributed by atoms with van der Waals surface area (Å²) in [4.78, 5) is 5.68. The van der Waals surface area contributed by atoms with Gasteiger partial charge in [0.05, 0.1) is 0 Å². The molecule has 0 aliphatic carbocycles. The lowest BCUT2D eigenvalue weighted by Crippen LogP contribution is -1.78. The van der Waals surface area contributed by atoms with E-state index in [0.29, 0.717) is 0 Å². The molecule has 0 radical (unpaired) electrons. The Balaban J connectivity index is 1.48. The molecule has 4 heterocycles. The molecule has 0 spiro atoms. The molecule has 4 aromatic heterocycles. The number of rotatable bonds is 4. The van der Waals surface area contributed by atoms with Crippen molar-refractivity contribution in [2.24, 2.45) is 0 Å². The second kappa shape index (κ2) is 7.15. The van der Waals surface area contributed by atoms with Crippen molar-refractivity contribution in [3.63, 3.8) is 0 Å². The van der Waals surface area contributed by atoms with Crippen LogP contribution in [0.4, 0.5) is 0 Å². The quantitative estimate of drug-likeness (QED) is 0.214. The minimum Gasteiger partial charge on any atom is -0.147 e. The molecular weight excluding hydrogens is 528 g/mol. The van der Waals surface area contributed by atoms with Crippen LogP contribution in [0, 0.1) is 0 Å². The smallest absolute Gasteiger partial charge is 0.0352 e. The Hall–Kier alpha value is -0.500. The van der Waals surface area contributed by atoms with E-state index in [1.807, 2.05) is 45.3 Å². The van der Waals surface area contributed by atoms with Gasteiger partial charge < -0.3 is 0 Å². The van der Waals surface area contributed by atoms with Crippen molar-refractivity contribution in [2.45, 2.75) is 12.8 Å². The van der Waals surface area contributed by atoms with Gasteiger partial charge in [-0.1, -0.05) is 0 Å². The van der Waals surface area contributed by atoms with E-state index in [0.717, 1.165) is 12.8 Å². The number of halogens is 2. The van der Waals surface area contributed by atoms with Crippen LogP contribution in [0.1, 0.15) is 19.5 Å². The molecule has 1 aromatic carbocycles. The molecule has 0 saturated heterocycles. The number of benzene rings is 1. The summed E-state index contributed by atoms with van der Waals surface area (Å²) < 4.78 is 5.24. The molecule has 0 N–H and O–H groups in total. The third-order valence-corrected chi connectivity index (χ3v) is 10.4. The van der Waals surface area contributed by atoms with Crippen molar-refractivity contribution in [1.29, 1.82) is 0 Å². The topological polar surface area (TPSA) is 0 Å². The Labute approximate surface area is 184 Å². The van der Waals surface area contributed by atoms with E-state index in [9.17, 15) is 0 Å². The third kappa shape index (κ3) is 3.36. The van der Waals surface area contributed by atoms with Gasteiger partial charge in [-0.25, -0.2) is 0 Å². The third-order valence-electron chi connectivity index (χ3n) is 4.31. The van der Waals surface area contributed by atoms with Crippen molar-refractivity contribution in [3.05, 3.63) is 75.6 Å². The highest BCUT2D eigenvalue weighted by Gasteiger charge is 2.11. The van der Waals surface area contributed by atoms with Crippen LogP contribution < -0.4 is 0 Å².